The molecule has 8 heteroatoms. The molecule has 1 aromatic carbocycles. The number of anilines is 1. The predicted octanol–water partition coefficient (Wildman–Crippen LogP) is 1.18. The lowest BCUT2D eigenvalue weighted by atomic mass is 10.2. The molecule has 2 aromatic rings. The van der Waals surface area contributed by atoms with Gasteiger partial charge in [-0.05, 0) is 24.6 Å². The number of nitrogens with zero attached hydrogens (tertiary/aromatic N) is 2. The van der Waals surface area contributed by atoms with Crippen molar-refractivity contribution >= 4 is 15.7 Å². The van der Waals surface area contributed by atoms with Crippen molar-refractivity contribution in [2.45, 2.75) is 24.8 Å². The molecule has 0 spiro atoms. The summed E-state index contributed by atoms with van der Waals surface area (Å²) in [5, 5.41) is 4.23. The number of nitrogen functional groups attached to an aromatic ring is 1. The molecule has 114 valence electrons. The second kappa shape index (κ2) is 5.82. The molecule has 1 heterocycles. The Morgan fingerprint density at radius 2 is 2.14 bits per heavy atom. The van der Waals surface area contributed by atoms with Crippen LogP contribution in [0.15, 0.2) is 29.3 Å². The van der Waals surface area contributed by atoms with Crippen LogP contribution in [0.3, 0.4) is 0 Å². The van der Waals surface area contributed by atoms with Crippen molar-refractivity contribution in [3.05, 3.63) is 41.5 Å². The molecule has 0 unspecified atom stereocenters. The molecule has 0 fully saturated rings. The Morgan fingerprint density at radius 1 is 1.43 bits per heavy atom. The van der Waals surface area contributed by atoms with Gasteiger partial charge >= 0.3 is 0 Å². The third-order valence-electron chi connectivity index (χ3n) is 3.04. The van der Waals surface area contributed by atoms with Crippen molar-refractivity contribution in [2.24, 2.45) is 7.05 Å². The Kier molecular flexibility index (Phi) is 4.29. The quantitative estimate of drug-likeness (QED) is 0.811. The fraction of sp³-hybridized carbons (Fsp3) is 0.308. The lowest BCUT2D eigenvalue weighted by Crippen LogP contribution is -2.24. The Balaban J connectivity index is 2.23. The van der Waals surface area contributed by atoms with Crippen LogP contribution in [0.4, 0.5) is 10.1 Å². The minimum Gasteiger partial charge on any atom is -0.398 e. The van der Waals surface area contributed by atoms with Crippen LogP contribution in [-0.4, -0.2) is 18.2 Å². The Labute approximate surface area is 122 Å². The van der Waals surface area contributed by atoms with Crippen molar-refractivity contribution < 1.29 is 12.8 Å². The predicted molar refractivity (Wildman–Crippen MR) is 77.4 cm³/mol. The van der Waals surface area contributed by atoms with Crippen molar-refractivity contribution in [3.63, 3.8) is 0 Å². The van der Waals surface area contributed by atoms with E-state index in [9.17, 15) is 12.8 Å². The maximum absolute atomic E-state index is 13.2. The molecule has 0 aliphatic carbocycles. The van der Waals surface area contributed by atoms with E-state index in [2.05, 4.69) is 9.82 Å². The summed E-state index contributed by atoms with van der Waals surface area (Å²) in [6.45, 7) is 2.01. The van der Waals surface area contributed by atoms with Crippen LogP contribution in [-0.2, 0) is 30.0 Å². The smallest absolute Gasteiger partial charge is 0.243 e. The average molecular weight is 312 g/mol. The number of halogens is 1. The van der Waals surface area contributed by atoms with Gasteiger partial charge in [0.15, 0.2) is 0 Å². The van der Waals surface area contributed by atoms with Crippen LogP contribution in [0.1, 0.15) is 18.2 Å². The van der Waals surface area contributed by atoms with Crippen LogP contribution < -0.4 is 10.5 Å². The molecular weight excluding hydrogens is 295 g/mol. The average Bonchev–Trinajstić information content (AvgIpc) is 2.79. The first-order valence-corrected chi connectivity index (χ1v) is 7.88. The van der Waals surface area contributed by atoms with E-state index < -0.39 is 15.8 Å². The highest BCUT2D eigenvalue weighted by Crippen LogP contribution is 2.19. The zero-order chi connectivity index (χ0) is 15.6. The van der Waals surface area contributed by atoms with Gasteiger partial charge in [0.1, 0.15) is 10.7 Å². The fourth-order valence-electron chi connectivity index (χ4n) is 2.02. The first-order chi connectivity index (χ1) is 9.83. The Bertz CT molecular complexity index is 756. The number of rotatable bonds is 5. The highest BCUT2D eigenvalue weighted by Gasteiger charge is 2.19. The monoisotopic (exact) mass is 312 g/mol. The van der Waals surface area contributed by atoms with Crippen LogP contribution in [0.2, 0.25) is 0 Å². The molecule has 0 atom stereocenters. The van der Waals surface area contributed by atoms with Gasteiger partial charge in [-0.1, -0.05) is 6.92 Å². The zero-order valence-electron chi connectivity index (χ0n) is 11.8. The number of nitrogens with two attached hydrogens (primary N) is 1. The minimum atomic E-state index is -3.88. The molecule has 0 aliphatic heterocycles. The van der Waals surface area contributed by atoms with E-state index in [1.54, 1.807) is 17.9 Å². The maximum atomic E-state index is 13.2. The van der Waals surface area contributed by atoms with Gasteiger partial charge < -0.3 is 5.73 Å². The van der Waals surface area contributed by atoms with Crippen LogP contribution in [0, 0.1) is 5.82 Å². The Hall–Kier alpha value is -1.93. The van der Waals surface area contributed by atoms with Gasteiger partial charge in [-0.3, -0.25) is 4.68 Å². The van der Waals surface area contributed by atoms with E-state index in [4.69, 9.17) is 5.73 Å². The zero-order valence-corrected chi connectivity index (χ0v) is 12.6. The number of hydrogen-bond donors (Lipinski definition) is 2. The van der Waals surface area contributed by atoms with E-state index in [0.717, 1.165) is 23.4 Å². The van der Waals surface area contributed by atoms with Crippen molar-refractivity contribution in [3.8, 4) is 0 Å². The van der Waals surface area contributed by atoms with Crippen LogP contribution in [0.5, 0.6) is 0 Å². The van der Waals surface area contributed by atoms with Gasteiger partial charge in [0.2, 0.25) is 10.0 Å². The summed E-state index contributed by atoms with van der Waals surface area (Å²) in [4.78, 5) is -0.260. The minimum absolute atomic E-state index is 0.00537. The molecule has 0 amide bonds. The van der Waals surface area contributed by atoms with E-state index in [1.807, 2.05) is 6.92 Å². The number of benzene rings is 1. The standard InChI is InChI=1S/C13H17FN4O2S/c1-3-12-9(8-18(2)17-12)7-16-21(19,20)13-6-10(14)4-5-11(13)15/h4-6,8,16H,3,7,15H2,1-2H3. The van der Waals surface area contributed by atoms with Gasteiger partial charge in [0.05, 0.1) is 11.4 Å². The normalized spacial score (nSPS) is 11.8. The first kappa shape index (κ1) is 15.5. The Morgan fingerprint density at radius 3 is 2.81 bits per heavy atom. The second-order valence-electron chi connectivity index (χ2n) is 4.63. The third kappa shape index (κ3) is 3.40. The number of nitrogens with one attached hydrogen (secondary N) is 1. The molecule has 0 radical (unpaired) electrons. The molecule has 0 aliphatic rings. The number of sulfonamides is 1. The van der Waals surface area contributed by atoms with Gasteiger partial charge in [0, 0.05) is 25.4 Å². The lowest BCUT2D eigenvalue weighted by molar-refractivity contribution is 0.577. The largest absolute Gasteiger partial charge is 0.398 e. The summed E-state index contributed by atoms with van der Waals surface area (Å²) in [5.41, 5.74) is 7.20. The van der Waals surface area contributed by atoms with Gasteiger partial charge in [-0.2, -0.15) is 5.10 Å². The number of aryl methyl sites for hydroxylation is 2. The summed E-state index contributed by atoms with van der Waals surface area (Å²) in [6, 6.07) is 3.25. The summed E-state index contributed by atoms with van der Waals surface area (Å²) in [7, 11) is -2.11. The van der Waals surface area contributed by atoms with Crippen molar-refractivity contribution in [1.82, 2.24) is 14.5 Å². The molecule has 0 bridgehead atoms. The molecular formula is C13H17FN4O2S. The molecule has 0 saturated heterocycles. The van der Waals surface area contributed by atoms with Gasteiger partial charge in [0.25, 0.3) is 0 Å². The van der Waals surface area contributed by atoms with E-state index in [0.29, 0.717) is 6.42 Å². The maximum Gasteiger partial charge on any atom is 0.243 e. The molecule has 0 saturated carbocycles. The van der Waals surface area contributed by atoms with E-state index in [1.165, 1.54) is 6.07 Å². The lowest BCUT2D eigenvalue weighted by Gasteiger charge is -2.09. The summed E-state index contributed by atoms with van der Waals surface area (Å²) >= 11 is 0. The molecule has 2 rings (SSSR count). The summed E-state index contributed by atoms with van der Waals surface area (Å²) in [6.07, 6.45) is 2.44. The highest BCUT2D eigenvalue weighted by atomic mass is 32.2. The molecule has 3 N–H and O–H groups in total. The van der Waals surface area contributed by atoms with Crippen molar-refractivity contribution in [2.75, 3.05) is 5.73 Å². The third-order valence-corrected chi connectivity index (χ3v) is 4.50. The van der Waals surface area contributed by atoms with Gasteiger partial charge in [-0.15, -0.1) is 0 Å². The molecule has 1 aromatic heterocycles. The first-order valence-electron chi connectivity index (χ1n) is 6.39. The van der Waals surface area contributed by atoms with E-state index in [-0.39, 0.29) is 17.1 Å². The number of hydrogen-bond acceptors (Lipinski definition) is 4. The van der Waals surface area contributed by atoms with Crippen LogP contribution >= 0.6 is 0 Å². The van der Waals surface area contributed by atoms with Crippen LogP contribution in [0.25, 0.3) is 0 Å². The molecule has 21 heavy (non-hydrogen) atoms. The van der Waals surface area contributed by atoms with E-state index >= 15 is 0 Å². The second-order valence-corrected chi connectivity index (χ2v) is 6.37. The van der Waals surface area contributed by atoms with Gasteiger partial charge in [-0.25, -0.2) is 17.5 Å². The topological polar surface area (TPSA) is 90.0 Å². The number of aromatic nitrogens is 2. The summed E-state index contributed by atoms with van der Waals surface area (Å²) < 4.78 is 41.6. The molecule has 6 nitrogen and oxygen atoms in total. The summed E-state index contributed by atoms with van der Waals surface area (Å²) in [5.74, 6) is -0.653. The SMILES string of the molecule is CCc1nn(C)cc1CNS(=O)(=O)c1cc(F)ccc1N. The highest BCUT2D eigenvalue weighted by molar-refractivity contribution is 7.89. The van der Waals surface area contributed by atoms with Crippen molar-refractivity contribution in [1.29, 1.82) is 0 Å². The fourth-order valence-corrected chi connectivity index (χ4v) is 3.17.